The van der Waals surface area contributed by atoms with Gasteiger partial charge in [0.15, 0.2) is 0 Å². The maximum Gasteiger partial charge on any atom is 0.244 e. The van der Waals surface area contributed by atoms with Crippen molar-refractivity contribution in [1.82, 2.24) is 15.2 Å². The largest absolute Gasteiger partial charge is 0.328 e. The third kappa shape index (κ3) is 4.11. The van der Waals surface area contributed by atoms with Crippen LogP contribution in [0, 0.1) is 5.41 Å². The van der Waals surface area contributed by atoms with E-state index in [1.165, 1.54) is 0 Å². The third-order valence-corrected chi connectivity index (χ3v) is 8.63. The number of rotatable bonds is 4. The molecule has 3 N–H and O–H groups in total. The number of benzene rings is 1. The minimum absolute atomic E-state index is 0.00946. The fourth-order valence-corrected chi connectivity index (χ4v) is 6.80. The summed E-state index contributed by atoms with van der Waals surface area (Å²) in [5.74, 6) is 0.437. The molecule has 1 spiro atoms. The highest BCUT2D eigenvalue weighted by atomic mass is 16.2. The zero-order valence-corrected chi connectivity index (χ0v) is 21.8. The number of nitrogens with one attached hydrogen (secondary N) is 3. The number of carbonyl (C=O) groups excluding carboxylic acids is 3. The number of piperidine rings is 1. The molecule has 4 atom stereocenters. The lowest BCUT2D eigenvalue weighted by Gasteiger charge is -2.41. The number of hydrogen-bond acceptors (Lipinski definition) is 5. The molecule has 37 heavy (non-hydrogen) atoms. The van der Waals surface area contributed by atoms with Crippen LogP contribution in [0.4, 0.5) is 11.5 Å². The summed E-state index contributed by atoms with van der Waals surface area (Å²) in [6, 6.07) is 10.5. The van der Waals surface area contributed by atoms with E-state index in [0.717, 1.165) is 42.4 Å². The summed E-state index contributed by atoms with van der Waals surface area (Å²) < 4.78 is 0. The van der Waals surface area contributed by atoms with Crippen LogP contribution in [-0.2, 0) is 32.6 Å². The zero-order chi connectivity index (χ0) is 25.9. The summed E-state index contributed by atoms with van der Waals surface area (Å²) in [6.07, 6.45) is 7.03. The third-order valence-electron chi connectivity index (χ3n) is 8.63. The van der Waals surface area contributed by atoms with Gasteiger partial charge in [-0.1, -0.05) is 32.9 Å². The van der Waals surface area contributed by atoms with Gasteiger partial charge in [-0.15, -0.1) is 0 Å². The quantitative estimate of drug-likeness (QED) is 0.597. The summed E-state index contributed by atoms with van der Waals surface area (Å²) in [5.41, 5.74) is 2.59. The Bertz CT molecular complexity index is 1280. The van der Waals surface area contributed by atoms with Crippen molar-refractivity contribution in [1.29, 1.82) is 0 Å². The number of anilines is 2. The summed E-state index contributed by atoms with van der Waals surface area (Å²) in [5, 5.41) is 9.62. The summed E-state index contributed by atoms with van der Waals surface area (Å²) in [7, 11) is 0. The van der Waals surface area contributed by atoms with Crippen molar-refractivity contribution in [2.45, 2.75) is 82.8 Å². The van der Waals surface area contributed by atoms with Crippen LogP contribution in [0.1, 0.15) is 63.1 Å². The van der Waals surface area contributed by atoms with Crippen LogP contribution >= 0.6 is 0 Å². The van der Waals surface area contributed by atoms with E-state index in [9.17, 15) is 14.4 Å². The number of fused-ring (bicyclic) bond motifs is 5. The van der Waals surface area contributed by atoms with Crippen molar-refractivity contribution >= 4 is 29.2 Å². The molecule has 1 aromatic carbocycles. The van der Waals surface area contributed by atoms with Gasteiger partial charge in [0.1, 0.15) is 12.4 Å². The molecule has 4 aliphatic rings. The van der Waals surface area contributed by atoms with Crippen LogP contribution in [0.15, 0.2) is 36.5 Å². The molecule has 6 rings (SSSR count). The van der Waals surface area contributed by atoms with Crippen LogP contribution in [-0.4, -0.2) is 52.3 Å². The summed E-state index contributed by atoms with van der Waals surface area (Å²) in [6.45, 7) is 5.78. The standard InChI is InChI=1S/C29H35N5O3/c1-28(2,3)27(37)34(23-11-9-19-8-10-22(23)31-19)16-24(35)32-20-7-6-17-14-29(15-18(17)13-20)21-5-4-12-30-25(21)33-26(29)36/h4-7,12-13,19,22-23,31H,8-11,14-16H2,1-3H3,(H,32,35)(H,30,33,36)/t19?,22?,23?,29-/m1/s1. The van der Waals surface area contributed by atoms with E-state index in [-0.39, 0.29) is 36.3 Å². The number of nitrogens with zero attached hydrogens (tertiary/aromatic N) is 2. The van der Waals surface area contributed by atoms with Crippen molar-refractivity contribution in [3.63, 3.8) is 0 Å². The second-order valence-electron chi connectivity index (χ2n) is 12.2. The van der Waals surface area contributed by atoms with Gasteiger partial charge in [0.05, 0.1) is 5.41 Å². The normalized spacial score (nSPS) is 27.5. The van der Waals surface area contributed by atoms with Gasteiger partial charge in [0.2, 0.25) is 17.7 Å². The van der Waals surface area contributed by atoms with E-state index in [1.54, 1.807) is 6.20 Å². The monoisotopic (exact) mass is 501 g/mol. The Morgan fingerprint density at radius 1 is 1.11 bits per heavy atom. The van der Waals surface area contributed by atoms with Gasteiger partial charge in [0.25, 0.3) is 0 Å². The Morgan fingerprint density at radius 2 is 1.89 bits per heavy atom. The minimum Gasteiger partial charge on any atom is -0.328 e. The average Bonchev–Trinajstić information content (AvgIpc) is 3.51. The van der Waals surface area contributed by atoms with E-state index in [1.807, 2.05) is 56.0 Å². The van der Waals surface area contributed by atoms with Gasteiger partial charge in [-0.3, -0.25) is 14.4 Å². The van der Waals surface area contributed by atoms with Gasteiger partial charge in [-0.25, -0.2) is 4.98 Å². The number of pyridine rings is 1. The van der Waals surface area contributed by atoms with Gasteiger partial charge in [0, 0.05) is 41.0 Å². The van der Waals surface area contributed by atoms with E-state index in [2.05, 4.69) is 20.9 Å². The topological polar surface area (TPSA) is 103 Å². The Morgan fingerprint density at radius 3 is 2.70 bits per heavy atom. The Hall–Kier alpha value is -3.26. The number of hydrogen-bond donors (Lipinski definition) is 3. The first-order valence-corrected chi connectivity index (χ1v) is 13.4. The Labute approximate surface area is 217 Å². The molecule has 2 saturated heterocycles. The van der Waals surface area contributed by atoms with Gasteiger partial charge < -0.3 is 20.9 Å². The molecule has 3 aliphatic heterocycles. The minimum atomic E-state index is -0.641. The molecule has 1 aliphatic carbocycles. The molecule has 3 unspecified atom stereocenters. The van der Waals surface area contributed by atoms with Crippen LogP contribution in [0.3, 0.4) is 0 Å². The van der Waals surface area contributed by atoms with E-state index in [0.29, 0.717) is 30.4 Å². The molecule has 0 saturated carbocycles. The molecule has 3 amide bonds. The molecule has 4 heterocycles. The number of carbonyl (C=O) groups is 3. The highest BCUT2D eigenvalue weighted by Crippen LogP contribution is 2.47. The molecular formula is C29H35N5O3. The molecular weight excluding hydrogens is 466 g/mol. The summed E-state index contributed by atoms with van der Waals surface area (Å²) >= 11 is 0. The fraction of sp³-hybridized carbons (Fsp3) is 0.517. The Balaban J connectivity index is 1.19. The first-order chi connectivity index (χ1) is 17.6. The van der Waals surface area contributed by atoms with Crippen LogP contribution < -0.4 is 16.0 Å². The van der Waals surface area contributed by atoms with Crippen LogP contribution in [0.5, 0.6) is 0 Å². The van der Waals surface area contributed by atoms with Crippen molar-refractivity contribution in [2.75, 3.05) is 17.2 Å². The predicted molar refractivity (Wildman–Crippen MR) is 141 cm³/mol. The Kier molecular flexibility index (Phi) is 5.64. The van der Waals surface area contributed by atoms with E-state index in [4.69, 9.17) is 0 Å². The predicted octanol–water partition coefficient (Wildman–Crippen LogP) is 3.17. The van der Waals surface area contributed by atoms with E-state index < -0.39 is 10.8 Å². The molecule has 2 aromatic rings. The molecule has 2 fully saturated rings. The zero-order valence-electron chi connectivity index (χ0n) is 21.8. The second kappa shape index (κ2) is 8.65. The molecule has 0 radical (unpaired) electrons. The second-order valence-corrected chi connectivity index (χ2v) is 12.2. The molecule has 8 nitrogen and oxygen atoms in total. The highest BCUT2D eigenvalue weighted by molar-refractivity contribution is 6.06. The summed E-state index contributed by atoms with van der Waals surface area (Å²) in [4.78, 5) is 45.8. The molecule has 1 aromatic heterocycles. The average molecular weight is 502 g/mol. The lowest BCUT2D eigenvalue weighted by Crippen LogP contribution is -2.58. The maximum absolute atomic E-state index is 13.4. The molecule has 194 valence electrons. The van der Waals surface area contributed by atoms with Gasteiger partial charge >= 0.3 is 0 Å². The number of aromatic nitrogens is 1. The first kappa shape index (κ1) is 24.1. The van der Waals surface area contributed by atoms with Crippen molar-refractivity contribution in [3.05, 3.63) is 53.2 Å². The van der Waals surface area contributed by atoms with Crippen molar-refractivity contribution < 1.29 is 14.4 Å². The maximum atomic E-state index is 13.4. The first-order valence-electron chi connectivity index (χ1n) is 13.4. The van der Waals surface area contributed by atoms with Gasteiger partial charge in [-0.05, 0) is 67.9 Å². The SMILES string of the molecule is CC(C)(C)C(=O)N(CC(=O)Nc1ccc2c(c1)C[C@@]1(C2)C(=O)Nc2ncccc21)C1CCC2CCC1N2. The van der Waals surface area contributed by atoms with Crippen LogP contribution in [0.25, 0.3) is 0 Å². The smallest absolute Gasteiger partial charge is 0.244 e. The lowest BCUT2D eigenvalue weighted by atomic mass is 9.79. The van der Waals surface area contributed by atoms with Crippen molar-refractivity contribution in [2.24, 2.45) is 5.41 Å². The van der Waals surface area contributed by atoms with Gasteiger partial charge in [-0.2, -0.15) is 0 Å². The fourth-order valence-electron chi connectivity index (χ4n) is 6.80. The lowest BCUT2D eigenvalue weighted by molar-refractivity contribution is -0.145. The van der Waals surface area contributed by atoms with Crippen LogP contribution in [0.2, 0.25) is 0 Å². The molecule has 8 heteroatoms. The van der Waals surface area contributed by atoms with Crippen molar-refractivity contribution in [3.8, 4) is 0 Å². The number of amides is 3. The van der Waals surface area contributed by atoms with E-state index >= 15 is 0 Å². The highest BCUT2D eigenvalue weighted by Gasteiger charge is 2.51. The molecule has 2 bridgehead atoms.